The highest BCUT2D eigenvalue weighted by molar-refractivity contribution is 7.89. The van der Waals surface area contributed by atoms with Crippen LogP contribution in [-0.4, -0.2) is 45.4 Å². The van der Waals surface area contributed by atoms with Crippen LogP contribution in [0.25, 0.3) is 0 Å². The molecule has 1 N–H and O–H groups in total. The first-order valence-electron chi connectivity index (χ1n) is 8.87. The first-order chi connectivity index (χ1) is 12.3. The van der Waals surface area contributed by atoms with E-state index in [0.29, 0.717) is 36.9 Å². The van der Waals surface area contributed by atoms with Crippen molar-refractivity contribution >= 4 is 27.5 Å². The molecule has 0 unspecified atom stereocenters. The second-order valence-corrected chi connectivity index (χ2v) is 9.31. The summed E-state index contributed by atoms with van der Waals surface area (Å²) in [4.78, 5) is 12.4. The van der Waals surface area contributed by atoms with Gasteiger partial charge in [-0.15, -0.1) is 0 Å². The molecule has 2 rings (SSSR count). The van der Waals surface area contributed by atoms with Crippen LogP contribution in [0.5, 0.6) is 5.75 Å². The number of carbonyl (C=O) groups is 1. The predicted octanol–water partition coefficient (Wildman–Crippen LogP) is 2.91. The number of amides is 1. The SMILES string of the molecule is COc1ccc(Cl)cc1S(=O)(=O)N1CCC[C@H](C(=O)NCCC(C)C)C1. The number of nitrogens with one attached hydrogen (secondary N) is 1. The predicted molar refractivity (Wildman–Crippen MR) is 102 cm³/mol. The Bertz CT molecular complexity index is 737. The third-order valence-electron chi connectivity index (χ3n) is 4.52. The number of nitrogens with zero attached hydrogens (tertiary/aromatic N) is 1. The van der Waals surface area contributed by atoms with Crippen molar-refractivity contribution in [3.05, 3.63) is 23.2 Å². The van der Waals surface area contributed by atoms with Gasteiger partial charge in [-0.2, -0.15) is 4.31 Å². The molecular formula is C18H27ClN2O4S. The van der Waals surface area contributed by atoms with Crippen LogP contribution < -0.4 is 10.1 Å². The lowest BCUT2D eigenvalue weighted by Crippen LogP contribution is -2.45. The molecule has 8 heteroatoms. The molecular weight excluding hydrogens is 376 g/mol. The summed E-state index contributed by atoms with van der Waals surface area (Å²) in [5.41, 5.74) is 0. The van der Waals surface area contributed by atoms with Gasteiger partial charge in [-0.05, 0) is 43.4 Å². The Balaban J connectivity index is 2.13. The monoisotopic (exact) mass is 402 g/mol. The number of benzene rings is 1. The van der Waals surface area contributed by atoms with Gasteiger partial charge in [0.1, 0.15) is 10.6 Å². The van der Waals surface area contributed by atoms with Crippen LogP contribution in [0.15, 0.2) is 23.1 Å². The highest BCUT2D eigenvalue weighted by Crippen LogP contribution is 2.31. The van der Waals surface area contributed by atoms with Crippen molar-refractivity contribution in [2.45, 2.75) is 38.0 Å². The number of piperidine rings is 1. The van der Waals surface area contributed by atoms with Gasteiger partial charge in [-0.3, -0.25) is 4.79 Å². The van der Waals surface area contributed by atoms with Crippen molar-refractivity contribution in [2.75, 3.05) is 26.7 Å². The third-order valence-corrected chi connectivity index (χ3v) is 6.64. The number of hydrogen-bond donors (Lipinski definition) is 1. The molecule has 0 radical (unpaired) electrons. The minimum absolute atomic E-state index is 0.0355. The number of halogens is 1. The average Bonchev–Trinajstić information content (AvgIpc) is 2.61. The van der Waals surface area contributed by atoms with E-state index in [4.69, 9.17) is 16.3 Å². The van der Waals surface area contributed by atoms with Gasteiger partial charge in [0.25, 0.3) is 0 Å². The molecule has 1 aliphatic heterocycles. The van der Waals surface area contributed by atoms with Crippen LogP contribution >= 0.6 is 11.6 Å². The van der Waals surface area contributed by atoms with Crippen LogP contribution in [0.3, 0.4) is 0 Å². The lowest BCUT2D eigenvalue weighted by Gasteiger charge is -2.31. The quantitative estimate of drug-likeness (QED) is 0.760. The third kappa shape index (κ3) is 5.11. The molecule has 1 amide bonds. The molecule has 1 saturated heterocycles. The minimum Gasteiger partial charge on any atom is -0.495 e. The summed E-state index contributed by atoms with van der Waals surface area (Å²) < 4.78 is 32.6. The Labute approximate surface area is 160 Å². The number of rotatable bonds is 7. The Morgan fingerprint density at radius 1 is 1.42 bits per heavy atom. The average molecular weight is 403 g/mol. The maximum atomic E-state index is 13.0. The molecule has 1 aliphatic rings. The van der Waals surface area contributed by atoms with Crippen molar-refractivity contribution < 1.29 is 17.9 Å². The zero-order valence-corrected chi connectivity index (χ0v) is 17.1. The van der Waals surface area contributed by atoms with Gasteiger partial charge in [-0.1, -0.05) is 25.4 Å². The molecule has 26 heavy (non-hydrogen) atoms. The van der Waals surface area contributed by atoms with Crippen molar-refractivity contribution in [1.82, 2.24) is 9.62 Å². The topological polar surface area (TPSA) is 75.7 Å². The minimum atomic E-state index is -3.78. The van der Waals surface area contributed by atoms with E-state index in [9.17, 15) is 13.2 Å². The molecule has 146 valence electrons. The molecule has 0 aliphatic carbocycles. The van der Waals surface area contributed by atoms with E-state index in [1.54, 1.807) is 6.07 Å². The molecule has 1 atom stereocenters. The van der Waals surface area contributed by atoms with Gasteiger partial charge in [0, 0.05) is 24.7 Å². The van der Waals surface area contributed by atoms with E-state index in [0.717, 1.165) is 6.42 Å². The van der Waals surface area contributed by atoms with E-state index in [-0.39, 0.29) is 29.0 Å². The zero-order valence-electron chi connectivity index (χ0n) is 15.5. The molecule has 1 aromatic carbocycles. The molecule has 1 fully saturated rings. The smallest absolute Gasteiger partial charge is 0.246 e. The Morgan fingerprint density at radius 2 is 2.15 bits per heavy atom. The lowest BCUT2D eigenvalue weighted by atomic mass is 9.98. The number of methoxy groups -OCH3 is 1. The zero-order chi connectivity index (χ0) is 19.3. The summed E-state index contributed by atoms with van der Waals surface area (Å²) in [5.74, 6) is 0.339. The fourth-order valence-electron chi connectivity index (χ4n) is 2.99. The first kappa shape index (κ1) is 21.0. The summed E-state index contributed by atoms with van der Waals surface area (Å²) >= 11 is 5.98. The van der Waals surface area contributed by atoms with Crippen molar-refractivity contribution in [3.63, 3.8) is 0 Å². The Hall–Kier alpha value is -1.31. The maximum absolute atomic E-state index is 13.0. The normalized spacial score (nSPS) is 18.7. The highest BCUT2D eigenvalue weighted by Gasteiger charge is 2.34. The fraction of sp³-hybridized carbons (Fsp3) is 0.611. The molecule has 0 bridgehead atoms. The largest absolute Gasteiger partial charge is 0.495 e. The van der Waals surface area contributed by atoms with Crippen molar-refractivity contribution in [3.8, 4) is 5.75 Å². The number of carbonyl (C=O) groups excluding carboxylic acids is 1. The molecule has 1 heterocycles. The van der Waals surface area contributed by atoms with Crippen molar-refractivity contribution in [1.29, 1.82) is 0 Å². The van der Waals surface area contributed by atoms with Crippen LogP contribution in [-0.2, 0) is 14.8 Å². The van der Waals surface area contributed by atoms with E-state index >= 15 is 0 Å². The van der Waals surface area contributed by atoms with Gasteiger partial charge in [0.15, 0.2) is 0 Å². The second kappa shape index (κ2) is 9.06. The van der Waals surface area contributed by atoms with Gasteiger partial charge < -0.3 is 10.1 Å². The van der Waals surface area contributed by atoms with Crippen LogP contribution in [0.1, 0.15) is 33.1 Å². The summed E-state index contributed by atoms with van der Waals surface area (Å²) in [5, 5.41) is 3.24. The first-order valence-corrected chi connectivity index (χ1v) is 10.7. The Morgan fingerprint density at radius 3 is 2.81 bits per heavy atom. The molecule has 0 aromatic heterocycles. The van der Waals surface area contributed by atoms with Crippen molar-refractivity contribution in [2.24, 2.45) is 11.8 Å². The lowest BCUT2D eigenvalue weighted by molar-refractivity contribution is -0.126. The molecule has 1 aromatic rings. The van der Waals surface area contributed by atoms with Crippen LogP contribution in [0.4, 0.5) is 0 Å². The van der Waals surface area contributed by atoms with E-state index in [1.165, 1.54) is 23.5 Å². The van der Waals surface area contributed by atoms with Crippen LogP contribution in [0.2, 0.25) is 5.02 Å². The van der Waals surface area contributed by atoms with Crippen LogP contribution in [0, 0.1) is 11.8 Å². The molecule has 0 saturated carbocycles. The number of hydrogen-bond acceptors (Lipinski definition) is 4. The maximum Gasteiger partial charge on any atom is 0.246 e. The van der Waals surface area contributed by atoms with E-state index in [2.05, 4.69) is 19.2 Å². The van der Waals surface area contributed by atoms with Gasteiger partial charge in [0.05, 0.1) is 13.0 Å². The van der Waals surface area contributed by atoms with Gasteiger partial charge in [-0.25, -0.2) is 8.42 Å². The van der Waals surface area contributed by atoms with Gasteiger partial charge in [0.2, 0.25) is 15.9 Å². The molecule has 6 nitrogen and oxygen atoms in total. The summed E-state index contributed by atoms with van der Waals surface area (Å²) in [7, 11) is -2.36. The number of sulfonamides is 1. The highest BCUT2D eigenvalue weighted by atomic mass is 35.5. The number of ether oxygens (including phenoxy) is 1. The fourth-order valence-corrected chi connectivity index (χ4v) is 4.94. The molecule has 0 spiro atoms. The standard InChI is InChI=1S/C18H27ClN2O4S/c1-13(2)8-9-20-18(22)14-5-4-10-21(12-14)26(23,24)17-11-15(19)6-7-16(17)25-3/h6-7,11,13-14H,4-5,8-10,12H2,1-3H3,(H,20,22)/t14-/m0/s1. The van der Waals surface area contributed by atoms with E-state index in [1.807, 2.05) is 0 Å². The summed E-state index contributed by atoms with van der Waals surface area (Å²) in [6.45, 7) is 5.36. The summed E-state index contributed by atoms with van der Waals surface area (Å²) in [6, 6.07) is 4.51. The van der Waals surface area contributed by atoms with E-state index < -0.39 is 10.0 Å². The van der Waals surface area contributed by atoms with Gasteiger partial charge >= 0.3 is 0 Å². The summed E-state index contributed by atoms with van der Waals surface area (Å²) in [6.07, 6.45) is 2.23. The Kier molecular flexibility index (Phi) is 7.32. The second-order valence-electron chi connectivity index (χ2n) is 6.97.